The molecule has 38 heavy (non-hydrogen) atoms. The molecule has 0 amide bonds. The highest BCUT2D eigenvalue weighted by Gasteiger charge is 2.21. The number of para-hydroxylation sites is 1. The molecule has 0 saturated carbocycles. The lowest BCUT2D eigenvalue weighted by molar-refractivity contribution is 0.354. The van der Waals surface area contributed by atoms with Crippen LogP contribution in [-0.2, 0) is 23.0 Å². The number of methoxy groups -OCH3 is 2. The Labute approximate surface area is 228 Å². The lowest BCUT2D eigenvalue weighted by Gasteiger charge is -2.18. The topological polar surface area (TPSA) is 73.1 Å². The predicted octanol–water partition coefficient (Wildman–Crippen LogP) is 5.74. The average Bonchev–Trinajstić information content (AvgIpc) is 3.34. The van der Waals surface area contributed by atoms with Gasteiger partial charge >= 0.3 is 0 Å². The summed E-state index contributed by atoms with van der Waals surface area (Å²) < 4.78 is 40.4. The van der Waals surface area contributed by atoms with Crippen LogP contribution in [0.25, 0.3) is 11.3 Å². The van der Waals surface area contributed by atoms with E-state index in [2.05, 4.69) is 9.95 Å². The van der Waals surface area contributed by atoms with Crippen molar-refractivity contribution in [3.63, 3.8) is 0 Å². The summed E-state index contributed by atoms with van der Waals surface area (Å²) in [6.07, 6.45) is 0.750. The Morgan fingerprint density at radius 3 is 2.21 bits per heavy atom. The summed E-state index contributed by atoms with van der Waals surface area (Å²) in [5.41, 5.74) is 3.90. The molecule has 9 heteroatoms. The highest BCUT2D eigenvalue weighted by Crippen LogP contribution is 2.29. The molecular formula is C29H33N3O4S2. The van der Waals surface area contributed by atoms with Crippen molar-refractivity contribution in [2.24, 2.45) is 4.99 Å². The van der Waals surface area contributed by atoms with E-state index in [4.69, 9.17) is 14.5 Å². The molecule has 0 unspecified atom stereocenters. The van der Waals surface area contributed by atoms with Gasteiger partial charge in [0.15, 0.2) is 16.3 Å². The highest BCUT2D eigenvalue weighted by atomic mass is 32.2. The monoisotopic (exact) mass is 551 g/mol. The molecule has 3 aromatic carbocycles. The quantitative estimate of drug-likeness (QED) is 0.238. The number of hydrogen-bond acceptors (Lipinski definition) is 6. The van der Waals surface area contributed by atoms with Crippen LogP contribution in [-0.4, -0.2) is 44.6 Å². The first-order valence-corrected chi connectivity index (χ1v) is 14.8. The smallest absolute Gasteiger partial charge is 0.243 e. The summed E-state index contributed by atoms with van der Waals surface area (Å²) in [4.78, 5) is 6.06. The third-order valence-electron chi connectivity index (χ3n) is 6.34. The average molecular weight is 552 g/mol. The van der Waals surface area contributed by atoms with Gasteiger partial charge in [0, 0.05) is 25.0 Å². The SMILES string of the molecule is CCN(CC)S(=O)(=O)c1ccc(-c2csc(=Nc3ccccc3)n2CCc2ccc(OC)c(OC)c2)cc1. The van der Waals surface area contributed by atoms with Crippen molar-refractivity contribution in [3.05, 3.63) is 88.5 Å². The van der Waals surface area contributed by atoms with Crippen molar-refractivity contribution < 1.29 is 17.9 Å². The Kier molecular flexibility index (Phi) is 9.04. The van der Waals surface area contributed by atoms with E-state index in [1.54, 1.807) is 37.7 Å². The van der Waals surface area contributed by atoms with E-state index >= 15 is 0 Å². The standard InChI is InChI=1S/C29H33N3O4S2/c1-5-31(6-2)38(33,34)25-15-13-23(14-16-25)26-21-37-29(30-24-10-8-7-9-11-24)32(26)19-18-22-12-17-27(35-3)28(20-22)36-4/h7-17,20-21H,5-6,18-19H2,1-4H3. The summed E-state index contributed by atoms with van der Waals surface area (Å²) in [7, 11) is -0.257. The van der Waals surface area contributed by atoms with Crippen molar-refractivity contribution >= 4 is 27.0 Å². The zero-order valence-corrected chi connectivity index (χ0v) is 23.8. The first kappa shape index (κ1) is 27.6. The Balaban J connectivity index is 1.71. The van der Waals surface area contributed by atoms with E-state index in [0.717, 1.165) is 33.7 Å². The molecule has 0 spiro atoms. The molecule has 0 radical (unpaired) electrons. The number of hydrogen-bond donors (Lipinski definition) is 0. The van der Waals surface area contributed by atoms with Gasteiger partial charge in [0.25, 0.3) is 0 Å². The summed E-state index contributed by atoms with van der Waals surface area (Å²) in [6, 6.07) is 22.9. The number of aromatic nitrogens is 1. The Morgan fingerprint density at radius 2 is 1.58 bits per heavy atom. The van der Waals surface area contributed by atoms with Gasteiger partial charge in [-0.15, -0.1) is 11.3 Å². The zero-order chi connectivity index (χ0) is 27.1. The van der Waals surface area contributed by atoms with Crippen molar-refractivity contribution in [3.8, 4) is 22.8 Å². The normalized spacial score (nSPS) is 12.2. The molecule has 0 saturated heterocycles. The fraction of sp³-hybridized carbons (Fsp3) is 0.276. The van der Waals surface area contributed by atoms with Crippen molar-refractivity contribution in [1.29, 1.82) is 0 Å². The van der Waals surface area contributed by atoms with Crippen LogP contribution < -0.4 is 14.3 Å². The van der Waals surface area contributed by atoms with Gasteiger partial charge in [-0.1, -0.05) is 50.2 Å². The molecule has 4 rings (SSSR count). The molecule has 4 aromatic rings. The molecule has 0 fully saturated rings. The second-order valence-corrected chi connectivity index (χ2v) is 11.3. The minimum absolute atomic E-state index is 0.297. The van der Waals surface area contributed by atoms with Gasteiger partial charge in [-0.25, -0.2) is 13.4 Å². The van der Waals surface area contributed by atoms with Gasteiger partial charge in [0.2, 0.25) is 10.0 Å². The van der Waals surface area contributed by atoms with Crippen LogP contribution in [0.15, 0.2) is 88.1 Å². The minimum Gasteiger partial charge on any atom is -0.493 e. The second-order valence-electron chi connectivity index (χ2n) is 8.56. The largest absolute Gasteiger partial charge is 0.493 e. The van der Waals surface area contributed by atoms with E-state index < -0.39 is 10.0 Å². The van der Waals surface area contributed by atoms with E-state index in [0.29, 0.717) is 36.0 Å². The summed E-state index contributed by atoms with van der Waals surface area (Å²) >= 11 is 1.56. The number of benzene rings is 3. The van der Waals surface area contributed by atoms with Crippen LogP contribution in [0.4, 0.5) is 5.69 Å². The molecule has 200 valence electrons. The maximum absolute atomic E-state index is 13.0. The molecule has 0 aliphatic heterocycles. The maximum Gasteiger partial charge on any atom is 0.243 e. The molecule has 7 nitrogen and oxygen atoms in total. The first-order chi connectivity index (χ1) is 18.4. The molecule has 0 aliphatic rings. The third kappa shape index (κ3) is 6.01. The van der Waals surface area contributed by atoms with Gasteiger partial charge in [-0.3, -0.25) is 0 Å². The Bertz CT molecular complexity index is 1520. The van der Waals surface area contributed by atoms with E-state index in [-0.39, 0.29) is 0 Å². The first-order valence-electron chi connectivity index (χ1n) is 12.5. The Hall–Kier alpha value is -3.40. The zero-order valence-electron chi connectivity index (χ0n) is 22.1. The predicted molar refractivity (Wildman–Crippen MR) is 153 cm³/mol. The number of nitrogens with zero attached hydrogens (tertiary/aromatic N) is 3. The third-order valence-corrected chi connectivity index (χ3v) is 9.27. The minimum atomic E-state index is -3.52. The fourth-order valence-electron chi connectivity index (χ4n) is 4.27. The highest BCUT2D eigenvalue weighted by molar-refractivity contribution is 7.89. The number of ether oxygens (including phenoxy) is 2. The van der Waals surface area contributed by atoms with Crippen molar-refractivity contribution in [1.82, 2.24) is 8.87 Å². The lowest BCUT2D eigenvalue weighted by atomic mass is 10.1. The fourth-order valence-corrected chi connectivity index (χ4v) is 6.68. The lowest BCUT2D eigenvalue weighted by Crippen LogP contribution is -2.30. The molecule has 0 aliphatic carbocycles. The number of aryl methyl sites for hydroxylation is 1. The molecular weight excluding hydrogens is 518 g/mol. The molecule has 1 heterocycles. The number of sulfonamides is 1. The van der Waals surface area contributed by atoms with E-state index in [1.807, 2.05) is 74.5 Å². The number of thiazole rings is 1. The van der Waals surface area contributed by atoms with Crippen molar-refractivity contribution in [2.45, 2.75) is 31.7 Å². The summed E-state index contributed by atoms with van der Waals surface area (Å²) in [5, 5.41) is 2.07. The van der Waals surface area contributed by atoms with Gasteiger partial charge in [0.05, 0.1) is 30.5 Å². The number of rotatable bonds is 11. The van der Waals surface area contributed by atoms with Crippen LogP contribution in [0.1, 0.15) is 19.4 Å². The molecule has 1 aromatic heterocycles. The summed E-state index contributed by atoms with van der Waals surface area (Å²) in [6.45, 7) is 5.25. The summed E-state index contributed by atoms with van der Waals surface area (Å²) in [5.74, 6) is 1.39. The van der Waals surface area contributed by atoms with E-state index in [1.165, 1.54) is 4.31 Å². The van der Waals surface area contributed by atoms with Gasteiger partial charge in [-0.2, -0.15) is 4.31 Å². The van der Waals surface area contributed by atoms with Gasteiger partial charge in [-0.05, 0) is 53.9 Å². The maximum atomic E-state index is 13.0. The molecule has 0 bridgehead atoms. The van der Waals surface area contributed by atoms with Crippen LogP contribution in [0.5, 0.6) is 11.5 Å². The van der Waals surface area contributed by atoms with Crippen LogP contribution in [0, 0.1) is 0 Å². The molecule has 0 atom stereocenters. The van der Waals surface area contributed by atoms with E-state index in [9.17, 15) is 8.42 Å². The second kappa shape index (κ2) is 12.4. The molecule has 0 N–H and O–H groups in total. The van der Waals surface area contributed by atoms with Crippen LogP contribution in [0.2, 0.25) is 0 Å². The van der Waals surface area contributed by atoms with Crippen molar-refractivity contribution in [2.75, 3.05) is 27.3 Å². The van der Waals surface area contributed by atoms with Crippen LogP contribution in [0.3, 0.4) is 0 Å². The Morgan fingerprint density at radius 1 is 0.895 bits per heavy atom. The van der Waals surface area contributed by atoms with Gasteiger partial charge in [0.1, 0.15) is 0 Å². The van der Waals surface area contributed by atoms with Gasteiger partial charge < -0.3 is 14.0 Å². The van der Waals surface area contributed by atoms with Crippen LogP contribution >= 0.6 is 11.3 Å².